The normalized spacial score (nSPS) is 14.2. The second-order valence-electron chi connectivity index (χ2n) is 10.3. The molecular weight excluding hydrogens is 816 g/mol. The highest BCUT2D eigenvalue weighted by Gasteiger charge is 2.20. The van der Waals surface area contributed by atoms with Gasteiger partial charge in [0.1, 0.15) is 20.6 Å². The number of nitrogens with zero attached hydrogens (tertiary/aromatic N) is 4. The SMILES string of the molecule is Clc1cc(I)cc(Cl)n1.O=C(c1ccc(-c2cc(Cl)nc(Cl)c2)cc1)N1CCOCC1.O=C(c1ccc(B(O)O)cc1)N1CCOCC1. The summed E-state index contributed by atoms with van der Waals surface area (Å²) in [4.78, 5) is 35.6. The summed E-state index contributed by atoms with van der Waals surface area (Å²) in [6.45, 7) is 4.80. The Morgan fingerprint density at radius 1 is 0.625 bits per heavy atom. The lowest BCUT2D eigenvalue weighted by Gasteiger charge is -2.26. The number of hydrogen-bond acceptors (Lipinski definition) is 8. The highest BCUT2D eigenvalue weighted by atomic mass is 127. The molecule has 2 aliphatic rings. The molecule has 2 aromatic carbocycles. The number of aromatic nitrogens is 2. The van der Waals surface area contributed by atoms with Crippen molar-refractivity contribution in [1.29, 1.82) is 0 Å². The lowest BCUT2D eigenvalue weighted by Crippen LogP contribution is -2.40. The van der Waals surface area contributed by atoms with E-state index < -0.39 is 7.12 Å². The van der Waals surface area contributed by atoms with Crippen LogP contribution in [-0.4, -0.2) is 101 Å². The first-order chi connectivity index (χ1) is 23.0. The molecule has 2 saturated heterocycles. The molecule has 2 N–H and O–H groups in total. The molecule has 0 atom stereocenters. The summed E-state index contributed by atoms with van der Waals surface area (Å²) < 4.78 is 11.4. The van der Waals surface area contributed by atoms with Gasteiger partial charge in [-0.3, -0.25) is 9.59 Å². The maximum absolute atomic E-state index is 12.4. The predicted molar refractivity (Wildman–Crippen MR) is 196 cm³/mol. The van der Waals surface area contributed by atoms with Crippen molar-refractivity contribution in [3.63, 3.8) is 0 Å². The minimum atomic E-state index is -1.50. The summed E-state index contributed by atoms with van der Waals surface area (Å²) in [7, 11) is -1.50. The molecular formula is C32H30BCl4IN4O6. The molecule has 2 aromatic heterocycles. The van der Waals surface area contributed by atoms with E-state index in [1.54, 1.807) is 58.3 Å². The van der Waals surface area contributed by atoms with Gasteiger partial charge in [-0.1, -0.05) is 70.7 Å². The van der Waals surface area contributed by atoms with E-state index in [-0.39, 0.29) is 11.8 Å². The van der Waals surface area contributed by atoms with Crippen LogP contribution in [0.3, 0.4) is 0 Å². The number of morpholine rings is 2. The molecule has 2 fully saturated rings. The molecule has 0 saturated carbocycles. The monoisotopic (exact) mass is 844 g/mol. The summed E-state index contributed by atoms with van der Waals surface area (Å²) in [5, 5.41) is 19.5. The van der Waals surface area contributed by atoms with E-state index in [9.17, 15) is 9.59 Å². The number of carbonyl (C=O) groups is 2. The van der Waals surface area contributed by atoms with E-state index in [0.717, 1.165) is 14.7 Å². The number of amides is 2. The van der Waals surface area contributed by atoms with Crippen molar-refractivity contribution >= 4 is 93.4 Å². The zero-order chi connectivity index (χ0) is 34.6. The third kappa shape index (κ3) is 11.8. The first-order valence-electron chi connectivity index (χ1n) is 14.6. The second-order valence-corrected chi connectivity index (χ2v) is 13.1. The van der Waals surface area contributed by atoms with E-state index >= 15 is 0 Å². The summed E-state index contributed by atoms with van der Waals surface area (Å²) in [5.41, 5.74) is 3.40. The van der Waals surface area contributed by atoms with Gasteiger partial charge in [0, 0.05) is 40.9 Å². The number of hydrogen-bond donors (Lipinski definition) is 2. The molecule has 252 valence electrons. The van der Waals surface area contributed by atoms with Crippen LogP contribution in [0.4, 0.5) is 0 Å². The standard InChI is InChI=1S/C16H14Cl2N2O2.C11H14BNO4.C5H2Cl2IN/c17-14-9-13(10-15(18)19-14)11-1-3-12(4-2-11)16(21)20-5-7-22-8-6-20;14-11(13-5-7-17-8-6-13)9-1-3-10(4-2-9)12(15)16;6-4-1-3(8)2-5(7)9-4/h1-4,9-10H,5-8H2;1-4,15-16H,5-8H2;1-2H. The zero-order valence-corrected chi connectivity index (χ0v) is 30.5. The van der Waals surface area contributed by atoms with Crippen LogP contribution in [0.15, 0.2) is 72.8 Å². The average Bonchev–Trinajstić information content (AvgIpc) is 3.08. The van der Waals surface area contributed by atoms with Gasteiger partial charge in [0.05, 0.1) is 26.4 Å². The van der Waals surface area contributed by atoms with Crippen molar-refractivity contribution in [2.75, 3.05) is 52.6 Å². The molecule has 0 unspecified atom stereocenters. The van der Waals surface area contributed by atoms with E-state index in [1.165, 1.54) is 0 Å². The second kappa shape index (κ2) is 19.0. The van der Waals surface area contributed by atoms with Gasteiger partial charge in [-0.2, -0.15) is 0 Å². The Labute approximate surface area is 312 Å². The topological polar surface area (TPSA) is 125 Å². The van der Waals surface area contributed by atoms with Gasteiger partial charge in [-0.25, -0.2) is 9.97 Å². The van der Waals surface area contributed by atoms with Crippen molar-refractivity contribution in [3.05, 3.63) is 108 Å². The Kier molecular flexibility index (Phi) is 15.2. The van der Waals surface area contributed by atoms with Crippen molar-refractivity contribution in [3.8, 4) is 11.1 Å². The van der Waals surface area contributed by atoms with Gasteiger partial charge in [0.25, 0.3) is 11.8 Å². The molecule has 0 aliphatic carbocycles. The number of halogens is 5. The Bertz CT molecular complexity index is 1610. The fourth-order valence-electron chi connectivity index (χ4n) is 4.57. The molecule has 0 spiro atoms. The number of pyridine rings is 2. The molecule has 2 amide bonds. The van der Waals surface area contributed by atoms with Crippen LogP contribution in [-0.2, 0) is 9.47 Å². The molecule has 10 nitrogen and oxygen atoms in total. The van der Waals surface area contributed by atoms with Crippen molar-refractivity contribution in [2.45, 2.75) is 0 Å². The van der Waals surface area contributed by atoms with Crippen LogP contribution in [0, 0.1) is 3.57 Å². The van der Waals surface area contributed by atoms with Crippen LogP contribution in [0.2, 0.25) is 20.6 Å². The summed E-state index contributed by atoms with van der Waals surface area (Å²) in [6.07, 6.45) is 0. The van der Waals surface area contributed by atoms with Gasteiger partial charge in [0.15, 0.2) is 0 Å². The average molecular weight is 846 g/mol. The first-order valence-corrected chi connectivity index (χ1v) is 17.2. The number of rotatable bonds is 4. The Hall–Kier alpha value is -2.53. The quantitative estimate of drug-likeness (QED) is 0.160. The van der Waals surface area contributed by atoms with Crippen LogP contribution in [0.25, 0.3) is 11.1 Å². The highest BCUT2D eigenvalue weighted by Crippen LogP contribution is 2.25. The van der Waals surface area contributed by atoms with Crippen molar-refractivity contribution in [2.24, 2.45) is 0 Å². The summed E-state index contributed by atoms with van der Waals surface area (Å²) in [5.74, 6) is -0.0204. The molecule has 0 radical (unpaired) electrons. The molecule has 4 aromatic rings. The van der Waals surface area contributed by atoms with E-state index in [2.05, 4.69) is 32.6 Å². The van der Waals surface area contributed by atoms with Crippen molar-refractivity contribution in [1.82, 2.24) is 19.8 Å². The number of carbonyl (C=O) groups excluding carboxylic acids is 2. The maximum atomic E-state index is 12.4. The Balaban J connectivity index is 0.000000177. The van der Waals surface area contributed by atoms with Crippen LogP contribution < -0.4 is 5.46 Å². The Morgan fingerprint density at radius 2 is 1.00 bits per heavy atom. The molecule has 6 rings (SSSR count). The van der Waals surface area contributed by atoms with Gasteiger partial charge in [-0.05, 0) is 87.7 Å². The summed E-state index contributed by atoms with van der Waals surface area (Å²) >= 11 is 25.1. The molecule has 0 bridgehead atoms. The molecule has 4 heterocycles. The maximum Gasteiger partial charge on any atom is 0.488 e. The minimum absolute atomic E-state index is 0.0284. The van der Waals surface area contributed by atoms with E-state index in [4.69, 9.17) is 65.9 Å². The minimum Gasteiger partial charge on any atom is -0.423 e. The van der Waals surface area contributed by atoms with Crippen LogP contribution >= 0.6 is 69.0 Å². The number of benzene rings is 2. The highest BCUT2D eigenvalue weighted by molar-refractivity contribution is 14.1. The van der Waals surface area contributed by atoms with Crippen LogP contribution in [0.1, 0.15) is 20.7 Å². The fraction of sp³-hybridized carbons (Fsp3) is 0.250. The third-order valence-corrected chi connectivity index (χ3v) is 8.41. The zero-order valence-electron chi connectivity index (χ0n) is 25.4. The first kappa shape index (κ1) is 38.3. The number of ether oxygens (including phenoxy) is 2. The largest absolute Gasteiger partial charge is 0.488 e. The molecule has 48 heavy (non-hydrogen) atoms. The smallest absolute Gasteiger partial charge is 0.423 e. The van der Waals surface area contributed by atoms with E-state index in [1.807, 2.05) is 24.3 Å². The van der Waals surface area contributed by atoms with Gasteiger partial charge >= 0.3 is 7.12 Å². The lowest BCUT2D eigenvalue weighted by molar-refractivity contribution is 0.0301. The van der Waals surface area contributed by atoms with E-state index in [0.29, 0.717) is 89.8 Å². The fourth-order valence-corrected chi connectivity index (χ4v) is 6.45. The Morgan fingerprint density at radius 3 is 1.38 bits per heavy atom. The summed E-state index contributed by atoms with van der Waals surface area (Å²) in [6, 6.07) is 20.7. The van der Waals surface area contributed by atoms with Gasteiger partial charge in [-0.15, -0.1) is 0 Å². The third-order valence-electron chi connectivity index (χ3n) is 7.01. The molecule has 16 heteroatoms. The lowest BCUT2D eigenvalue weighted by atomic mass is 9.80. The van der Waals surface area contributed by atoms with Gasteiger partial charge < -0.3 is 29.3 Å². The molecule has 2 aliphatic heterocycles. The van der Waals surface area contributed by atoms with Gasteiger partial charge in [0.2, 0.25) is 0 Å². The van der Waals surface area contributed by atoms with Crippen LogP contribution in [0.5, 0.6) is 0 Å². The predicted octanol–water partition coefficient (Wildman–Crippen LogP) is 5.36. The van der Waals surface area contributed by atoms with Crippen molar-refractivity contribution < 1.29 is 29.1 Å².